The van der Waals surface area contributed by atoms with E-state index in [4.69, 9.17) is 4.74 Å². The van der Waals surface area contributed by atoms with Gasteiger partial charge in [-0.05, 0) is 18.9 Å². The van der Waals surface area contributed by atoms with Crippen LogP contribution in [0.3, 0.4) is 0 Å². The smallest absolute Gasteiger partial charge is 0.131 e. The van der Waals surface area contributed by atoms with Crippen LogP contribution in [-0.2, 0) is 4.74 Å². The number of methoxy groups -OCH3 is 1. The Morgan fingerprint density at radius 3 is 2.73 bits per heavy atom. The first-order valence-corrected chi connectivity index (χ1v) is 4.77. The van der Waals surface area contributed by atoms with Gasteiger partial charge in [-0.25, -0.2) is 8.78 Å². The fourth-order valence-corrected chi connectivity index (χ4v) is 1.35. The molecule has 0 fully saturated rings. The molecule has 0 saturated carbocycles. The van der Waals surface area contributed by atoms with E-state index in [1.165, 1.54) is 6.07 Å². The van der Waals surface area contributed by atoms with Crippen molar-refractivity contribution < 1.29 is 18.6 Å². The predicted octanol–water partition coefficient (Wildman–Crippen LogP) is 2.42. The average Bonchev–Trinajstić information content (AvgIpc) is 2.17. The summed E-state index contributed by atoms with van der Waals surface area (Å²) in [5.74, 6) is -1.35. The Hall–Kier alpha value is -1.00. The molecule has 0 amide bonds. The molecule has 0 aliphatic carbocycles. The molecule has 0 aliphatic rings. The van der Waals surface area contributed by atoms with Crippen LogP contribution in [-0.4, -0.2) is 18.8 Å². The van der Waals surface area contributed by atoms with Crippen molar-refractivity contribution >= 4 is 0 Å². The van der Waals surface area contributed by atoms with Gasteiger partial charge in [-0.1, -0.05) is 6.07 Å². The molecule has 0 radical (unpaired) electrons. The number of hydrogen-bond donors (Lipinski definition) is 1. The third-order valence-corrected chi connectivity index (χ3v) is 2.15. The van der Waals surface area contributed by atoms with E-state index in [9.17, 15) is 13.9 Å². The van der Waals surface area contributed by atoms with Gasteiger partial charge in [-0.2, -0.15) is 0 Å². The van der Waals surface area contributed by atoms with Crippen molar-refractivity contribution in [3.63, 3.8) is 0 Å². The molecule has 0 aliphatic heterocycles. The molecule has 1 rings (SSSR count). The van der Waals surface area contributed by atoms with E-state index >= 15 is 0 Å². The molecule has 0 bridgehead atoms. The Kier molecular flexibility index (Phi) is 4.65. The maximum atomic E-state index is 13.2. The summed E-state index contributed by atoms with van der Waals surface area (Å²) in [6.07, 6.45) is 0.131. The lowest BCUT2D eigenvalue weighted by Crippen LogP contribution is -2.02. The summed E-state index contributed by atoms with van der Waals surface area (Å²) >= 11 is 0. The van der Waals surface area contributed by atoms with Crippen molar-refractivity contribution in [1.29, 1.82) is 0 Å². The number of aliphatic hydroxyl groups is 1. The van der Waals surface area contributed by atoms with Crippen molar-refractivity contribution in [3.8, 4) is 0 Å². The van der Waals surface area contributed by atoms with E-state index in [-0.39, 0.29) is 5.56 Å². The zero-order valence-corrected chi connectivity index (χ0v) is 8.54. The summed E-state index contributed by atoms with van der Waals surface area (Å²) in [6.45, 7) is 0.514. The van der Waals surface area contributed by atoms with Gasteiger partial charge in [-0.3, -0.25) is 0 Å². The molecule has 1 aromatic rings. The molecule has 0 spiro atoms. The van der Waals surface area contributed by atoms with Crippen LogP contribution in [0, 0.1) is 11.6 Å². The van der Waals surface area contributed by atoms with Gasteiger partial charge in [0.2, 0.25) is 0 Å². The maximum Gasteiger partial charge on any atom is 0.131 e. The highest BCUT2D eigenvalue weighted by Gasteiger charge is 2.12. The summed E-state index contributed by atoms with van der Waals surface area (Å²) < 4.78 is 30.6. The normalized spacial score (nSPS) is 12.8. The van der Waals surface area contributed by atoms with Crippen LogP contribution in [0.15, 0.2) is 18.2 Å². The summed E-state index contributed by atoms with van der Waals surface area (Å²) in [5, 5.41) is 9.60. The van der Waals surface area contributed by atoms with Crippen molar-refractivity contribution in [2.45, 2.75) is 18.9 Å². The van der Waals surface area contributed by atoms with Crippen LogP contribution in [0.5, 0.6) is 0 Å². The second-order valence-electron chi connectivity index (χ2n) is 3.32. The summed E-state index contributed by atoms with van der Waals surface area (Å²) in [7, 11) is 1.56. The Morgan fingerprint density at radius 1 is 1.40 bits per heavy atom. The topological polar surface area (TPSA) is 29.5 Å². The van der Waals surface area contributed by atoms with Gasteiger partial charge in [0.05, 0.1) is 6.10 Å². The molecular weight excluding hydrogens is 202 g/mol. The van der Waals surface area contributed by atoms with Gasteiger partial charge in [0, 0.05) is 25.3 Å². The number of hydrogen-bond acceptors (Lipinski definition) is 2. The van der Waals surface area contributed by atoms with Crippen LogP contribution in [0.2, 0.25) is 0 Å². The molecule has 1 aromatic carbocycles. The largest absolute Gasteiger partial charge is 0.388 e. The lowest BCUT2D eigenvalue weighted by Gasteiger charge is -2.11. The van der Waals surface area contributed by atoms with Crippen molar-refractivity contribution in [2.24, 2.45) is 0 Å². The van der Waals surface area contributed by atoms with Gasteiger partial charge in [0.25, 0.3) is 0 Å². The van der Waals surface area contributed by atoms with Crippen molar-refractivity contribution in [3.05, 3.63) is 35.4 Å². The van der Waals surface area contributed by atoms with E-state index in [1.807, 2.05) is 0 Å². The minimum Gasteiger partial charge on any atom is -0.388 e. The lowest BCUT2D eigenvalue weighted by molar-refractivity contribution is 0.133. The minimum atomic E-state index is -0.902. The molecule has 0 aromatic heterocycles. The van der Waals surface area contributed by atoms with Crippen molar-refractivity contribution in [1.82, 2.24) is 0 Å². The Balaban J connectivity index is 2.61. The Labute approximate surface area is 87.5 Å². The SMILES string of the molecule is COCCCC(O)c1ccc(F)cc1F. The summed E-state index contributed by atoms with van der Waals surface area (Å²) in [4.78, 5) is 0. The molecule has 0 saturated heterocycles. The molecule has 2 nitrogen and oxygen atoms in total. The van der Waals surface area contributed by atoms with Crippen LogP contribution in [0.1, 0.15) is 24.5 Å². The highest BCUT2D eigenvalue weighted by atomic mass is 19.1. The van der Waals surface area contributed by atoms with Gasteiger partial charge >= 0.3 is 0 Å². The van der Waals surface area contributed by atoms with E-state index < -0.39 is 17.7 Å². The van der Waals surface area contributed by atoms with Crippen LogP contribution in [0.25, 0.3) is 0 Å². The van der Waals surface area contributed by atoms with Gasteiger partial charge in [0.15, 0.2) is 0 Å². The van der Waals surface area contributed by atoms with Gasteiger partial charge in [0.1, 0.15) is 11.6 Å². The first-order chi connectivity index (χ1) is 7.15. The van der Waals surface area contributed by atoms with E-state index in [0.717, 1.165) is 12.1 Å². The first kappa shape index (κ1) is 12.1. The zero-order chi connectivity index (χ0) is 11.3. The first-order valence-electron chi connectivity index (χ1n) is 4.77. The standard InChI is InChI=1S/C11H14F2O2/c1-15-6-2-3-11(14)9-5-4-8(12)7-10(9)13/h4-5,7,11,14H,2-3,6H2,1H3. The molecule has 1 N–H and O–H groups in total. The zero-order valence-electron chi connectivity index (χ0n) is 8.54. The number of aliphatic hydroxyl groups excluding tert-OH is 1. The third kappa shape index (κ3) is 3.57. The number of benzene rings is 1. The number of rotatable bonds is 5. The highest BCUT2D eigenvalue weighted by molar-refractivity contribution is 5.20. The van der Waals surface area contributed by atoms with E-state index in [1.54, 1.807) is 7.11 Å². The molecule has 4 heteroatoms. The van der Waals surface area contributed by atoms with Gasteiger partial charge in [-0.15, -0.1) is 0 Å². The Bertz CT molecular complexity index is 315. The summed E-state index contributed by atoms with van der Waals surface area (Å²) in [5.41, 5.74) is 0.132. The minimum absolute atomic E-state index is 0.132. The number of ether oxygens (including phenoxy) is 1. The molecule has 1 unspecified atom stereocenters. The highest BCUT2D eigenvalue weighted by Crippen LogP contribution is 2.21. The average molecular weight is 216 g/mol. The Morgan fingerprint density at radius 2 is 2.13 bits per heavy atom. The predicted molar refractivity (Wildman–Crippen MR) is 52.4 cm³/mol. The maximum absolute atomic E-state index is 13.2. The molecule has 15 heavy (non-hydrogen) atoms. The monoisotopic (exact) mass is 216 g/mol. The van der Waals surface area contributed by atoms with Crippen molar-refractivity contribution in [2.75, 3.05) is 13.7 Å². The third-order valence-electron chi connectivity index (χ3n) is 2.15. The van der Waals surface area contributed by atoms with Crippen LogP contribution >= 0.6 is 0 Å². The summed E-state index contributed by atoms with van der Waals surface area (Å²) in [6, 6.07) is 3.18. The fourth-order valence-electron chi connectivity index (χ4n) is 1.35. The quantitative estimate of drug-likeness (QED) is 0.766. The fraction of sp³-hybridized carbons (Fsp3) is 0.455. The second-order valence-corrected chi connectivity index (χ2v) is 3.32. The van der Waals surface area contributed by atoms with Gasteiger partial charge < -0.3 is 9.84 Å². The van der Waals surface area contributed by atoms with Crippen LogP contribution < -0.4 is 0 Å². The van der Waals surface area contributed by atoms with E-state index in [2.05, 4.69) is 0 Å². The second kappa shape index (κ2) is 5.78. The van der Waals surface area contributed by atoms with Crippen LogP contribution in [0.4, 0.5) is 8.78 Å². The molecular formula is C11H14F2O2. The molecule has 0 heterocycles. The number of halogens is 2. The molecule has 1 atom stereocenters. The molecule has 84 valence electrons. The van der Waals surface area contributed by atoms with E-state index in [0.29, 0.717) is 19.4 Å². The lowest BCUT2D eigenvalue weighted by atomic mass is 10.0.